The van der Waals surface area contributed by atoms with E-state index in [0.29, 0.717) is 0 Å². The number of fused-ring (bicyclic) bond motifs is 8. The van der Waals surface area contributed by atoms with Crippen LogP contribution in [-0.4, -0.2) is 13.0 Å². The molecule has 2 atom stereocenters. The lowest BCUT2D eigenvalue weighted by Gasteiger charge is -2.46. The number of carbonyl (C=O) groups is 1. The first kappa shape index (κ1) is 15.7. The lowest BCUT2D eigenvalue weighted by Crippen LogP contribution is -2.49. The van der Waals surface area contributed by atoms with Gasteiger partial charge in [-0.3, -0.25) is 4.79 Å². The van der Waals surface area contributed by atoms with Crippen LogP contribution in [0.25, 0.3) is 6.08 Å². The molecule has 3 aliphatic heterocycles. The maximum Gasteiger partial charge on any atom is 0.268 e. The molecule has 0 bridgehead atoms. The molecule has 1 amide bonds. The second-order valence-corrected chi connectivity index (χ2v) is 7.40. The van der Waals surface area contributed by atoms with Crippen molar-refractivity contribution in [3.63, 3.8) is 0 Å². The van der Waals surface area contributed by atoms with Crippen LogP contribution in [0.5, 0.6) is 0 Å². The number of para-hydroxylation sites is 2. The Balaban J connectivity index is 1.67. The van der Waals surface area contributed by atoms with E-state index in [4.69, 9.17) is 4.74 Å². The highest BCUT2D eigenvalue weighted by Crippen LogP contribution is 2.56. The average molecular weight is 366 g/mol. The molecule has 136 valence electrons. The van der Waals surface area contributed by atoms with Gasteiger partial charge in [0.05, 0.1) is 11.4 Å². The number of rotatable bonds is 0. The summed E-state index contributed by atoms with van der Waals surface area (Å²) >= 11 is 0. The van der Waals surface area contributed by atoms with Gasteiger partial charge in [0.2, 0.25) is 5.60 Å². The maximum atomic E-state index is 13.7. The normalized spacial score (nSPS) is 24.0. The second-order valence-electron chi connectivity index (χ2n) is 7.40. The zero-order valence-corrected chi connectivity index (χ0v) is 15.4. The molecule has 2 unspecified atom stereocenters. The fourth-order valence-corrected chi connectivity index (χ4v) is 4.73. The van der Waals surface area contributed by atoms with Crippen LogP contribution in [0.3, 0.4) is 0 Å². The Kier molecular flexibility index (Phi) is 2.98. The Bertz CT molecular complexity index is 1170. The first-order chi connectivity index (χ1) is 13.7. The molecule has 0 radical (unpaired) electrons. The van der Waals surface area contributed by atoms with Crippen LogP contribution < -0.4 is 9.80 Å². The Morgan fingerprint density at radius 2 is 1.50 bits per heavy atom. The summed E-state index contributed by atoms with van der Waals surface area (Å²) in [7, 11) is 1.82. The van der Waals surface area contributed by atoms with Crippen molar-refractivity contribution in [1.29, 1.82) is 0 Å². The Morgan fingerprint density at radius 1 is 0.857 bits per heavy atom. The van der Waals surface area contributed by atoms with Gasteiger partial charge in [-0.15, -0.1) is 0 Å². The zero-order chi connectivity index (χ0) is 18.9. The smallest absolute Gasteiger partial charge is 0.268 e. The number of benzene rings is 3. The van der Waals surface area contributed by atoms with E-state index in [-0.39, 0.29) is 12.1 Å². The quantitative estimate of drug-likeness (QED) is 0.590. The molecule has 3 aromatic carbocycles. The van der Waals surface area contributed by atoms with Gasteiger partial charge in [-0.2, -0.15) is 0 Å². The summed E-state index contributed by atoms with van der Waals surface area (Å²) in [5, 5.41) is 0. The van der Waals surface area contributed by atoms with Gasteiger partial charge < -0.3 is 14.5 Å². The summed E-state index contributed by atoms with van der Waals surface area (Å²) in [4.78, 5) is 17.5. The summed E-state index contributed by atoms with van der Waals surface area (Å²) in [6, 6.07) is 24.2. The summed E-state index contributed by atoms with van der Waals surface area (Å²) in [5.41, 5.74) is 4.74. The van der Waals surface area contributed by atoms with E-state index in [1.54, 1.807) is 4.90 Å². The number of amides is 1. The van der Waals surface area contributed by atoms with Gasteiger partial charge in [-0.25, -0.2) is 0 Å². The van der Waals surface area contributed by atoms with Gasteiger partial charge in [0, 0.05) is 29.9 Å². The van der Waals surface area contributed by atoms with Gasteiger partial charge in [0.15, 0.2) is 6.23 Å². The predicted molar refractivity (Wildman–Crippen MR) is 109 cm³/mol. The Hall–Kier alpha value is -3.37. The molecule has 3 aromatic rings. The topological polar surface area (TPSA) is 32.8 Å². The van der Waals surface area contributed by atoms with Crippen LogP contribution in [0.2, 0.25) is 0 Å². The standard InChI is InChI=1S/C24H18N2O2/c1-25-20-12-6-4-10-18(20)24(23(25)27)19-11-5-7-13-21(19)26-15-14-16-8-2-3-9-17(16)22(26)28-24/h2-15,22H,1H3. The molecular formula is C24H18N2O2. The first-order valence-electron chi connectivity index (χ1n) is 9.42. The third-order valence-electron chi connectivity index (χ3n) is 6.03. The minimum absolute atomic E-state index is 0.0483. The summed E-state index contributed by atoms with van der Waals surface area (Å²) in [6.45, 7) is 0. The molecule has 0 fully saturated rings. The third kappa shape index (κ3) is 1.76. The lowest BCUT2D eigenvalue weighted by atomic mass is 9.83. The van der Waals surface area contributed by atoms with E-state index >= 15 is 0 Å². The Morgan fingerprint density at radius 3 is 2.32 bits per heavy atom. The molecule has 0 saturated heterocycles. The number of hydrogen-bond donors (Lipinski definition) is 0. The van der Waals surface area contributed by atoms with Crippen molar-refractivity contribution in [3.8, 4) is 0 Å². The van der Waals surface area contributed by atoms with Crippen LogP contribution in [0.15, 0.2) is 79.0 Å². The first-order valence-corrected chi connectivity index (χ1v) is 9.42. The van der Waals surface area contributed by atoms with E-state index in [1.165, 1.54) is 0 Å². The van der Waals surface area contributed by atoms with Crippen LogP contribution in [0.1, 0.15) is 28.5 Å². The molecule has 3 heterocycles. The van der Waals surface area contributed by atoms with E-state index in [9.17, 15) is 4.79 Å². The van der Waals surface area contributed by atoms with E-state index in [2.05, 4.69) is 29.2 Å². The van der Waals surface area contributed by atoms with E-state index in [0.717, 1.165) is 33.6 Å². The molecular weight excluding hydrogens is 348 g/mol. The van der Waals surface area contributed by atoms with E-state index in [1.807, 2.05) is 67.8 Å². The highest BCUT2D eigenvalue weighted by molar-refractivity contribution is 6.10. The Labute approximate surface area is 163 Å². The van der Waals surface area contributed by atoms with Gasteiger partial charge >= 0.3 is 0 Å². The molecule has 0 N–H and O–H groups in total. The summed E-state index contributed by atoms with van der Waals surface area (Å²) < 4.78 is 6.78. The fraction of sp³-hybridized carbons (Fsp3) is 0.125. The lowest BCUT2D eigenvalue weighted by molar-refractivity contribution is -0.147. The number of ether oxygens (including phenoxy) is 1. The highest BCUT2D eigenvalue weighted by Gasteiger charge is 2.58. The largest absolute Gasteiger partial charge is 0.328 e. The molecule has 6 rings (SSSR count). The number of likely N-dealkylation sites (N-methyl/N-ethyl adjacent to an activating group) is 1. The van der Waals surface area contributed by atoms with Crippen molar-refractivity contribution in [2.45, 2.75) is 11.8 Å². The van der Waals surface area contributed by atoms with Crippen molar-refractivity contribution in [3.05, 3.63) is 101 Å². The van der Waals surface area contributed by atoms with Crippen molar-refractivity contribution in [1.82, 2.24) is 0 Å². The molecule has 4 nitrogen and oxygen atoms in total. The summed E-state index contributed by atoms with van der Waals surface area (Å²) in [6.07, 6.45) is 3.79. The highest BCUT2D eigenvalue weighted by atomic mass is 16.5. The van der Waals surface area contributed by atoms with Crippen LogP contribution in [-0.2, 0) is 15.1 Å². The zero-order valence-electron chi connectivity index (χ0n) is 15.4. The SMILES string of the molecule is CN1C(=O)C2(OC3c4ccccc4C=CN3c3ccccc32)c2ccccc21. The summed E-state index contributed by atoms with van der Waals surface area (Å²) in [5.74, 6) is -0.0483. The van der Waals surface area contributed by atoms with Crippen LogP contribution in [0.4, 0.5) is 11.4 Å². The number of nitrogens with zero attached hydrogens (tertiary/aromatic N) is 2. The van der Waals surface area contributed by atoms with E-state index < -0.39 is 5.60 Å². The number of carbonyl (C=O) groups excluding carboxylic acids is 1. The van der Waals surface area contributed by atoms with Gasteiger partial charge in [0.1, 0.15) is 0 Å². The second kappa shape index (κ2) is 5.33. The number of anilines is 2. The maximum absolute atomic E-state index is 13.7. The minimum atomic E-state index is -1.14. The molecule has 4 heteroatoms. The molecule has 0 aromatic heterocycles. The molecule has 1 spiro atoms. The minimum Gasteiger partial charge on any atom is -0.328 e. The van der Waals surface area contributed by atoms with Crippen molar-refractivity contribution >= 4 is 23.4 Å². The van der Waals surface area contributed by atoms with Crippen molar-refractivity contribution < 1.29 is 9.53 Å². The predicted octanol–water partition coefficient (Wildman–Crippen LogP) is 4.43. The molecule has 3 aliphatic rings. The van der Waals surface area contributed by atoms with Gasteiger partial charge in [-0.1, -0.05) is 60.7 Å². The molecule has 0 saturated carbocycles. The van der Waals surface area contributed by atoms with Crippen LogP contribution in [0, 0.1) is 0 Å². The third-order valence-corrected chi connectivity index (χ3v) is 6.03. The number of hydrogen-bond acceptors (Lipinski definition) is 3. The van der Waals surface area contributed by atoms with Gasteiger partial charge in [0.25, 0.3) is 5.91 Å². The van der Waals surface area contributed by atoms with Crippen molar-refractivity contribution in [2.24, 2.45) is 0 Å². The molecule has 0 aliphatic carbocycles. The van der Waals surface area contributed by atoms with Gasteiger partial charge in [-0.05, 0) is 23.8 Å². The fourth-order valence-electron chi connectivity index (χ4n) is 4.73. The van der Waals surface area contributed by atoms with Crippen LogP contribution >= 0.6 is 0 Å². The molecule has 28 heavy (non-hydrogen) atoms. The van der Waals surface area contributed by atoms with Crippen molar-refractivity contribution in [2.75, 3.05) is 16.8 Å². The average Bonchev–Trinajstić information content (AvgIpc) is 2.97. The monoisotopic (exact) mass is 366 g/mol.